The average molecular weight is 286 g/mol. The van der Waals surface area contributed by atoms with Gasteiger partial charge in [-0.05, 0) is 12.8 Å². The molecule has 1 aromatic heterocycles. The van der Waals surface area contributed by atoms with Gasteiger partial charge in [0.15, 0.2) is 0 Å². The fourth-order valence-electron chi connectivity index (χ4n) is 2.77. The van der Waals surface area contributed by atoms with Gasteiger partial charge < -0.3 is 15.1 Å². The van der Waals surface area contributed by atoms with Crippen molar-refractivity contribution in [2.45, 2.75) is 32.3 Å². The first-order valence-electron chi connectivity index (χ1n) is 6.63. The third-order valence-electron chi connectivity index (χ3n) is 3.84. The number of hydrogen-bond acceptors (Lipinski definition) is 5. The minimum atomic E-state index is -0.476. The molecule has 2 atom stereocenters. The highest BCUT2D eigenvalue weighted by atomic mass is 35.5. The van der Waals surface area contributed by atoms with Crippen molar-refractivity contribution in [2.24, 2.45) is 5.41 Å². The summed E-state index contributed by atoms with van der Waals surface area (Å²) >= 11 is 5.78. The Labute approximate surface area is 118 Å². The van der Waals surface area contributed by atoms with Crippen LogP contribution in [0.1, 0.15) is 26.2 Å². The van der Waals surface area contributed by atoms with Crippen molar-refractivity contribution in [2.75, 3.05) is 24.6 Å². The molecule has 19 heavy (non-hydrogen) atoms. The maximum Gasteiger partial charge on any atom is 0.225 e. The highest BCUT2D eigenvalue weighted by Crippen LogP contribution is 2.35. The molecule has 2 N–H and O–H groups in total. The monoisotopic (exact) mass is 285 g/mol. The molecule has 106 valence electrons. The standard InChI is InChI=1S/C13H20ClN3O2/c1-2-4-13(9-18)8-17(5-3-11(13)19)12-15-6-10(14)7-16-12/h6-7,11,18-19H,2-5,8-9H2,1H3/t11-,13+/m1/s1. The zero-order valence-corrected chi connectivity index (χ0v) is 11.8. The molecule has 0 unspecified atom stereocenters. The number of piperidine rings is 1. The van der Waals surface area contributed by atoms with Crippen LogP contribution < -0.4 is 4.90 Å². The van der Waals surface area contributed by atoms with Crippen molar-refractivity contribution in [3.63, 3.8) is 0 Å². The Morgan fingerprint density at radius 2 is 2.16 bits per heavy atom. The summed E-state index contributed by atoms with van der Waals surface area (Å²) in [6, 6.07) is 0. The van der Waals surface area contributed by atoms with Gasteiger partial charge in [-0.15, -0.1) is 0 Å². The molecule has 6 heteroatoms. The van der Waals surface area contributed by atoms with Crippen LogP contribution >= 0.6 is 11.6 Å². The first kappa shape index (κ1) is 14.5. The second kappa shape index (κ2) is 6.03. The Morgan fingerprint density at radius 1 is 1.47 bits per heavy atom. The lowest BCUT2D eigenvalue weighted by Crippen LogP contribution is -2.54. The first-order chi connectivity index (χ1) is 9.11. The molecule has 0 amide bonds. The second-order valence-corrected chi connectivity index (χ2v) is 5.63. The molecule has 1 aliphatic rings. The van der Waals surface area contributed by atoms with Gasteiger partial charge in [-0.3, -0.25) is 0 Å². The molecule has 0 saturated carbocycles. The second-order valence-electron chi connectivity index (χ2n) is 5.20. The summed E-state index contributed by atoms with van der Waals surface area (Å²) in [5.74, 6) is 0.602. The first-order valence-corrected chi connectivity index (χ1v) is 7.00. The SMILES string of the molecule is CCC[C@@]1(CO)CN(c2ncc(Cl)cn2)CC[C@H]1O. The summed E-state index contributed by atoms with van der Waals surface area (Å²) in [4.78, 5) is 10.4. The van der Waals surface area contributed by atoms with Crippen molar-refractivity contribution in [1.82, 2.24) is 9.97 Å². The van der Waals surface area contributed by atoms with Gasteiger partial charge in [0.2, 0.25) is 5.95 Å². The van der Waals surface area contributed by atoms with Crippen LogP contribution in [0.3, 0.4) is 0 Å². The molecular formula is C13H20ClN3O2. The van der Waals surface area contributed by atoms with E-state index in [1.165, 1.54) is 0 Å². The lowest BCUT2D eigenvalue weighted by atomic mass is 9.74. The topological polar surface area (TPSA) is 69.5 Å². The molecule has 5 nitrogen and oxygen atoms in total. The summed E-state index contributed by atoms with van der Waals surface area (Å²) in [6.07, 6.45) is 4.99. The number of aliphatic hydroxyl groups excluding tert-OH is 2. The number of rotatable bonds is 4. The summed E-state index contributed by atoms with van der Waals surface area (Å²) in [6.45, 7) is 3.29. The third kappa shape index (κ3) is 2.99. The highest BCUT2D eigenvalue weighted by molar-refractivity contribution is 6.30. The molecular weight excluding hydrogens is 266 g/mol. The molecule has 1 fully saturated rings. The normalized spacial score (nSPS) is 27.6. The molecule has 0 bridgehead atoms. The van der Waals surface area contributed by atoms with E-state index in [4.69, 9.17) is 11.6 Å². The Kier molecular flexibility index (Phi) is 4.60. The Balaban J connectivity index is 2.18. The molecule has 0 spiro atoms. The molecule has 0 radical (unpaired) electrons. The van der Waals surface area contributed by atoms with E-state index in [0.29, 0.717) is 30.5 Å². The Bertz CT molecular complexity index is 415. The Hall–Kier alpha value is -0.910. The van der Waals surface area contributed by atoms with Gasteiger partial charge in [0.1, 0.15) is 0 Å². The largest absolute Gasteiger partial charge is 0.396 e. The third-order valence-corrected chi connectivity index (χ3v) is 4.03. The lowest BCUT2D eigenvalue weighted by molar-refractivity contribution is -0.0354. The average Bonchev–Trinajstić information content (AvgIpc) is 2.42. The number of anilines is 1. The van der Waals surface area contributed by atoms with E-state index in [0.717, 1.165) is 12.8 Å². The number of halogens is 1. The summed E-state index contributed by atoms with van der Waals surface area (Å²) in [5, 5.41) is 20.4. The number of aromatic nitrogens is 2. The molecule has 0 aromatic carbocycles. The van der Waals surface area contributed by atoms with Crippen LogP contribution in [0, 0.1) is 5.41 Å². The molecule has 1 aromatic rings. The van der Waals surface area contributed by atoms with Gasteiger partial charge in [-0.2, -0.15) is 0 Å². The van der Waals surface area contributed by atoms with Crippen LogP contribution in [0.4, 0.5) is 5.95 Å². The lowest BCUT2D eigenvalue weighted by Gasteiger charge is -2.45. The van der Waals surface area contributed by atoms with Gasteiger partial charge >= 0.3 is 0 Å². The number of hydrogen-bond donors (Lipinski definition) is 2. The van der Waals surface area contributed by atoms with Gasteiger partial charge in [0.05, 0.1) is 30.1 Å². The molecule has 1 saturated heterocycles. The zero-order chi connectivity index (χ0) is 13.9. The van der Waals surface area contributed by atoms with E-state index in [1.54, 1.807) is 12.4 Å². The van der Waals surface area contributed by atoms with Crippen molar-refractivity contribution >= 4 is 17.5 Å². The van der Waals surface area contributed by atoms with Crippen molar-refractivity contribution in [1.29, 1.82) is 0 Å². The van der Waals surface area contributed by atoms with E-state index >= 15 is 0 Å². The predicted molar refractivity (Wildman–Crippen MR) is 74.3 cm³/mol. The van der Waals surface area contributed by atoms with Crippen LogP contribution in [-0.2, 0) is 0 Å². The van der Waals surface area contributed by atoms with E-state index in [9.17, 15) is 10.2 Å². The predicted octanol–water partition coefficient (Wildman–Crippen LogP) is 1.48. The van der Waals surface area contributed by atoms with Gasteiger partial charge in [0, 0.05) is 18.5 Å². The summed E-state index contributed by atoms with van der Waals surface area (Å²) in [7, 11) is 0. The van der Waals surface area contributed by atoms with E-state index in [2.05, 4.69) is 16.9 Å². The van der Waals surface area contributed by atoms with Crippen LogP contribution in [0.15, 0.2) is 12.4 Å². The Morgan fingerprint density at radius 3 is 2.74 bits per heavy atom. The van der Waals surface area contributed by atoms with Gasteiger partial charge in [0.25, 0.3) is 0 Å². The quantitative estimate of drug-likeness (QED) is 0.877. The highest BCUT2D eigenvalue weighted by Gasteiger charge is 2.42. The zero-order valence-electron chi connectivity index (χ0n) is 11.1. The molecule has 2 rings (SSSR count). The smallest absolute Gasteiger partial charge is 0.225 e. The fraction of sp³-hybridized carbons (Fsp3) is 0.692. The van der Waals surface area contributed by atoms with Crippen molar-refractivity contribution < 1.29 is 10.2 Å². The van der Waals surface area contributed by atoms with E-state index in [-0.39, 0.29) is 6.61 Å². The van der Waals surface area contributed by atoms with Gasteiger partial charge in [-0.25, -0.2) is 9.97 Å². The molecule has 0 aliphatic carbocycles. The minimum absolute atomic E-state index is 0.0217. The fourth-order valence-corrected chi connectivity index (χ4v) is 2.86. The maximum atomic E-state index is 10.2. The summed E-state index contributed by atoms with van der Waals surface area (Å²) < 4.78 is 0. The van der Waals surface area contributed by atoms with Crippen LogP contribution in [0.5, 0.6) is 0 Å². The minimum Gasteiger partial charge on any atom is -0.396 e. The van der Waals surface area contributed by atoms with Crippen LogP contribution in [0.2, 0.25) is 5.02 Å². The van der Waals surface area contributed by atoms with E-state index < -0.39 is 11.5 Å². The number of nitrogens with zero attached hydrogens (tertiary/aromatic N) is 3. The molecule has 2 heterocycles. The van der Waals surface area contributed by atoms with Crippen LogP contribution in [-0.4, -0.2) is 46.0 Å². The van der Waals surface area contributed by atoms with Crippen molar-refractivity contribution in [3.8, 4) is 0 Å². The van der Waals surface area contributed by atoms with Gasteiger partial charge in [-0.1, -0.05) is 24.9 Å². The summed E-state index contributed by atoms with van der Waals surface area (Å²) in [5.41, 5.74) is -0.476. The number of aliphatic hydroxyl groups is 2. The maximum absolute atomic E-state index is 10.2. The van der Waals surface area contributed by atoms with Crippen LogP contribution in [0.25, 0.3) is 0 Å². The van der Waals surface area contributed by atoms with E-state index in [1.807, 2.05) is 4.90 Å². The molecule has 1 aliphatic heterocycles. The van der Waals surface area contributed by atoms with Crippen molar-refractivity contribution in [3.05, 3.63) is 17.4 Å².